The molecule has 0 radical (unpaired) electrons. The van der Waals surface area contributed by atoms with Gasteiger partial charge in [-0.05, 0) is 43.4 Å². The SMILES string of the molecule is COc1cc2c(c(OC)c1OC)CCC(C(=O)N1CC[NH+](CC(=O)N3CCCC3)CC1)=C2.[Cl-]. The first kappa shape index (κ1) is 25.2. The number of amides is 2. The highest BCUT2D eigenvalue weighted by Crippen LogP contribution is 2.44. The van der Waals surface area contributed by atoms with E-state index in [0.29, 0.717) is 49.7 Å². The first-order chi connectivity index (χ1) is 15.5. The maximum Gasteiger partial charge on any atom is 0.277 e. The minimum absolute atomic E-state index is 0. The molecule has 3 aliphatic rings. The molecule has 1 N–H and O–H groups in total. The molecule has 0 bridgehead atoms. The van der Waals surface area contributed by atoms with Gasteiger partial charge in [-0.25, -0.2) is 0 Å². The van der Waals surface area contributed by atoms with Crippen molar-refractivity contribution in [2.24, 2.45) is 0 Å². The van der Waals surface area contributed by atoms with E-state index < -0.39 is 0 Å². The predicted molar refractivity (Wildman–Crippen MR) is 120 cm³/mol. The Morgan fingerprint density at radius 1 is 0.909 bits per heavy atom. The molecule has 2 saturated heterocycles. The van der Waals surface area contributed by atoms with Crippen LogP contribution in [0.15, 0.2) is 11.6 Å². The van der Waals surface area contributed by atoms with Crippen LogP contribution in [0.1, 0.15) is 30.4 Å². The summed E-state index contributed by atoms with van der Waals surface area (Å²) in [5, 5.41) is 0. The van der Waals surface area contributed by atoms with Crippen molar-refractivity contribution in [3.63, 3.8) is 0 Å². The number of nitrogens with zero attached hydrogens (tertiary/aromatic N) is 2. The molecule has 2 amide bonds. The van der Waals surface area contributed by atoms with Gasteiger partial charge < -0.3 is 41.3 Å². The Morgan fingerprint density at radius 2 is 1.58 bits per heavy atom. The lowest BCUT2D eigenvalue weighted by Gasteiger charge is -2.33. The van der Waals surface area contributed by atoms with Crippen molar-refractivity contribution in [2.45, 2.75) is 25.7 Å². The van der Waals surface area contributed by atoms with E-state index >= 15 is 0 Å². The number of hydrogen-bond acceptors (Lipinski definition) is 5. The van der Waals surface area contributed by atoms with Crippen LogP contribution in [0.2, 0.25) is 0 Å². The van der Waals surface area contributed by atoms with Crippen molar-refractivity contribution in [1.29, 1.82) is 0 Å². The van der Waals surface area contributed by atoms with E-state index in [1.807, 2.05) is 21.9 Å². The van der Waals surface area contributed by atoms with Gasteiger partial charge in [0, 0.05) is 24.2 Å². The molecule has 0 spiro atoms. The minimum Gasteiger partial charge on any atom is -1.00 e. The summed E-state index contributed by atoms with van der Waals surface area (Å²) in [6.07, 6.45) is 5.57. The Labute approximate surface area is 201 Å². The van der Waals surface area contributed by atoms with Crippen LogP contribution in [-0.2, 0) is 16.0 Å². The maximum absolute atomic E-state index is 13.2. The second kappa shape index (κ2) is 11.1. The van der Waals surface area contributed by atoms with E-state index in [4.69, 9.17) is 14.2 Å². The number of rotatable bonds is 6. The van der Waals surface area contributed by atoms with Gasteiger partial charge in [-0.15, -0.1) is 0 Å². The zero-order valence-corrected chi connectivity index (χ0v) is 20.5. The number of piperazine rings is 1. The molecule has 8 nitrogen and oxygen atoms in total. The summed E-state index contributed by atoms with van der Waals surface area (Å²) in [7, 11) is 4.82. The number of hydrogen-bond donors (Lipinski definition) is 1. The highest BCUT2D eigenvalue weighted by Gasteiger charge is 2.31. The number of nitrogens with one attached hydrogen (secondary N) is 1. The topological polar surface area (TPSA) is 72.8 Å². The van der Waals surface area contributed by atoms with Crippen LogP contribution in [0.5, 0.6) is 17.2 Å². The molecule has 2 fully saturated rings. The van der Waals surface area contributed by atoms with Crippen LogP contribution in [0, 0.1) is 0 Å². The molecule has 0 unspecified atom stereocenters. The zero-order chi connectivity index (χ0) is 22.7. The lowest BCUT2D eigenvalue weighted by Crippen LogP contribution is -3.15. The second-order valence-electron chi connectivity index (χ2n) is 8.69. The first-order valence-electron chi connectivity index (χ1n) is 11.5. The molecule has 1 aromatic rings. The van der Waals surface area contributed by atoms with Gasteiger partial charge in [0.05, 0.1) is 47.5 Å². The van der Waals surface area contributed by atoms with Crippen molar-refractivity contribution in [2.75, 3.05) is 67.1 Å². The number of fused-ring (bicyclic) bond motifs is 1. The molecule has 0 saturated carbocycles. The van der Waals surface area contributed by atoms with Crippen molar-refractivity contribution < 1.29 is 41.1 Å². The fourth-order valence-corrected chi connectivity index (χ4v) is 5.01. The number of carbonyl (C=O) groups is 2. The summed E-state index contributed by atoms with van der Waals surface area (Å²) in [5.41, 5.74) is 2.79. The number of methoxy groups -OCH3 is 3. The van der Waals surface area contributed by atoms with Gasteiger partial charge in [0.2, 0.25) is 11.7 Å². The molecule has 1 aromatic carbocycles. The highest BCUT2D eigenvalue weighted by atomic mass is 35.5. The van der Waals surface area contributed by atoms with Gasteiger partial charge in [0.15, 0.2) is 18.0 Å². The highest BCUT2D eigenvalue weighted by molar-refractivity contribution is 5.99. The molecule has 1 aliphatic carbocycles. The Bertz CT molecular complexity index is 906. The summed E-state index contributed by atoms with van der Waals surface area (Å²) >= 11 is 0. The lowest BCUT2D eigenvalue weighted by molar-refractivity contribution is -0.896. The molecule has 0 atom stereocenters. The number of likely N-dealkylation sites (tertiary alicyclic amines) is 1. The summed E-state index contributed by atoms with van der Waals surface area (Å²) in [4.78, 5) is 30.8. The van der Waals surface area contributed by atoms with Gasteiger partial charge in [-0.3, -0.25) is 9.59 Å². The standard InChI is InChI=1S/C24H33N3O5.ClH/c1-30-20-15-18-14-17(6-7-19(18)22(31-2)23(20)32-3)24(29)27-12-10-25(11-13-27)16-21(28)26-8-4-5-9-26;/h14-15H,4-13,16H2,1-3H3;1H. The van der Waals surface area contributed by atoms with E-state index in [1.54, 1.807) is 21.3 Å². The van der Waals surface area contributed by atoms with Crippen molar-refractivity contribution in [3.05, 3.63) is 22.8 Å². The second-order valence-corrected chi connectivity index (χ2v) is 8.69. The fraction of sp³-hybridized carbons (Fsp3) is 0.583. The van der Waals surface area contributed by atoms with E-state index in [0.717, 1.165) is 55.7 Å². The maximum atomic E-state index is 13.2. The average Bonchev–Trinajstić information content (AvgIpc) is 3.37. The van der Waals surface area contributed by atoms with Crippen LogP contribution in [0.4, 0.5) is 0 Å². The van der Waals surface area contributed by atoms with Crippen LogP contribution < -0.4 is 31.5 Å². The molecule has 2 heterocycles. The smallest absolute Gasteiger partial charge is 0.277 e. The van der Waals surface area contributed by atoms with E-state index in [-0.39, 0.29) is 24.2 Å². The molecular weight excluding hydrogens is 446 g/mol. The largest absolute Gasteiger partial charge is 1.00 e. The van der Waals surface area contributed by atoms with Gasteiger partial charge in [0.25, 0.3) is 5.91 Å². The van der Waals surface area contributed by atoms with Crippen LogP contribution in [-0.4, -0.2) is 88.8 Å². The molecule has 9 heteroatoms. The van der Waals surface area contributed by atoms with Gasteiger partial charge in [-0.1, -0.05) is 0 Å². The third-order valence-corrected chi connectivity index (χ3v) is 6.83. The first-order valence-corrected chi connectivity index (χ1v) is 11.5. The predicted octanol–water partition coefficient (Wildman–Crippen LogP) is -2.60. The van der Waals surface area contributed by atoms with Crippen molar-refractivity contribution in [3.8, 4) is 17.2 Å². The van der Waals surface area contributed by atoms with E-state index in [2.05, 4.69) is 0 Å². The van der Waals surface area contributed by atoms with Gasteiger partial charge in [-0.2, -0.15) is 0 Å². The van der Waals surface area contributed by atoms with Gasteiger partial charge in [0.1, 0.15) is 0 Å². The summed E-state index contributed by atoms with van der Waals surface area (Å²) in [6.45, 7) is 5.32. The lowest BCUT2D eigenvalue weighted by atomic mass is 9.90. The van der Waals surface area contributed by atoms with Crippen molar-refractivity contribution >= 4 is 17.9 Å². The number of halogens is 1. The third kappa shape index (κ3) is 5.22. The molecular formula is C24H34ClN3O5. The Morgan fingerprint density at radius 3 is 2.18 bits per heavy atom. The molecule has 4 rings (SSSR count). The molecule has 0 aromatic heterocycles. The van der Waals surface area contributed by atoms with Crippen LogP contribution >= 0.6 is 0 Å². The number of carbonyl (C=O) groups excluding carboxylic acids is 2. The minimum atomic E-state index is 0. The van der Waals surface area contributed by atoms with E-state index in [9.17, 15) is 9.59 Å². The Hall–Kier alpha value is -2.45. The summed E-state index contributed by atoms with van der Waals surface area (Å²) in [5.74, 6) is 2.19. The average molecular weight is 480 g/mol. The van der Waals surface area contributed by atoms with E-state index in [1.165, 1.54) is 4.90 Å². The molecule has 182 valence electrons. The van der Waals surface area contributed by atoms with Crippen LogP contribution in [0.25, 0.3) is 6.08 Å². The normalized spacial score (nSPS) is 18.2. The molecule has 2 aliphatic heterocycles. The quantitative estimate of drug-likeness (QED) is 0.484. The number of ether oxygens (including phenoxy) is 3. The van der Waals surface area contributed by atoms with Crippen molar-refractivity contribution in [1.82, 2.24) is 9.80 Å². The Balaban J connectivity index is 0.00000306. The third-order valence-electron chi connectivity index (χ3n) is 6.83. The van der Waals surface area contributed by atoms with Crippen LogP contribution in [0.3, 0.4) is 0 Å². The summed E-state index contributed by atoms with van der Waals surface area (Å²) in [6, 6.07) is 1.91. The Kier molecular flexibility index (Phi) is 8.48. The summed E-state index contributed by atoms with van der Waals surface area (Å²) < 4.78 is 16.6. The number of quaternary nitrogens is 1. The number of benzene rings is 1. The zero-order valence-electron chi connectivity index (χ0n) is 19.7. The monoisotopic (exact) mass is 479 g/mol. The molecule has 33 heavy (non-hydrogen) atoms. The van der Waals surface area contributed by atoms with Gasteiger partial charge >= 0.3 is 0 Å². The fourth-order valence-electron chi connectivity index (χ4n) is 5.01.